The van der Waals surface area contributed by atoms with Crippen molar-refractivity contribution in [3.05, 3.63) is 11.1 Å². The van der Waals surface area contributed by atoms with Gasteiger partial charge in [-0.2, -0.15) is 5.26 Å². The number of hydrogen-bond acceptors (Lipinski definition) is 2. The molecule has 0 aromatic heterocycles. The third-order valence-corrected chi connectivity index (χ3v) is 2.73. The minimum Gasteiger partial charge on any atom is -0.297 e. The number of nitriles is 1. The standard InChI is InChI=1S/C10H13NO/c1-7-3-9(4-8(7)2)10(5-11)6-12/h6-8H,3-4H2,1-2H3/t7-,8-/m1/s1. The van der Waals surface area contributed by atoms with Crippen LogP contribution in [0.3, 0.4) is 0 Å². The Kier molecular flexibility index (Phi) is 2.65. The zero-order chi connectivity index (χ0) is 9.14. The summed E-state index contributed by atoms with van der Waals surface area (Å²) in [6, 6.07) is 1.95. The van der Waals surface area contributed by atoms with E-state index in [2.05, 4.69) is 13.8 Å². The molecule has 0 radical (unpaired) electrons. The Hall–Kier alpha value is -1.10. The molecule has 1 saturated carbocycles. The lowest BCUT2D eigenvalue weighted by Gasteiger charge is -2.04. The van der Waals surface area contributed by atoms with Gasteiger partial charge in [0, 0.05) is 0 Å². The second kappa shape index (κ2) is 3.53. The van der Waals surface area contributed by atoms with Crippen LogP contribution in [0.25, 0.3) is 0 Å². The number of rotatable bonds is 1. The van der Waals surface area contributed by atoms with E-state index >= 15 is 0 Å². The van der Waals surface area contributed by atoms with Gasteiger partial charge in [-0.1, -0.05) is 13.8 Å². The Balaban J connectivity index is 2.86. The van der Waals surface area contributed by atoms with Gasteiger partial charge in [0.1, 0.15) is 6.07 Å². The fourth-order valence-corrected chi connectivity index (χ4v) is 1.67. The summed E-state index contributed by atoms with van der Waals surface area (Å²) in [7, 11) is 0. The van der Waals surface area contributed by atoms with E-state index in [4.69, 9.17) is 5.26 Å². The van der Waals surface area contributed by atoms with E-state index in [9.17, 15) is 4.79 Å². The second-order valence-electron chi connectivity index (χ2n) is 3.61. The van der Waals surface area contributed by atoms with Gasteiger partial charge in [0.15, 0.2) is 6.29 Å². The number of carbonyl (C=O) groups excluding carboxylic acids is 1. The predicted octanol–water partition coefficient (Wildman–Crippen LogP) is 2.07. The number of allylic oxidation sites excluding steroid dienone is 2. The van der Waals surface area contributed by atoms with E-state index in [1.165, 1.54) is 0 Å². The van der Waals surface area contributed by atoms with Gasteiger partial charge in [-0.15, -0.1) is 0 Å². The highest BCUT2D eigenvalue weighted by Crippen LogP contribution is 2.36. The van der Waals surface area contributed by atoms with Crippen LogP contribution in [0.5, 0.6) is 0 Å². The van der Waals surface area contributed by atoms with E-state index in [0.717, 1.165) is 18.4 Å². The normalized spacial score (nSPS) is 28.2. The van der Waals surface area contributed by atoms with Crippen molar-refractivity contribution in [2.75, 3.05) is 0 Å². The van der Waals surface area contributed by atoms with Gasteiger partial charge in [-0.05, 0) is 30.3 Å². The Morgan fingerprint density at radius 1 is 1.50 bits per heavy atom. The molecule has 1 fully saturated rings. The molecule has 12 heavy (non-hydrogen) atoms. The molecule has 0 N–H and O–H groups in total. The lowest BCUT2D eigenvalue weighted by Crippen LogP contribution is -1.95. The molecular weight excluding hydrogens is 150 g/mol. The number of carbonyl (C=O) groups is 1. The molecule has 0 aromatic rings. The van der Waals surface area contributed by atoms with Gasteiger partial charge in [-0.3, -0.25) is 4.79 Å². The van der Waals surface area contributed by atoms with E-state index in [-0.39, 0.29) is 0 Å². The quantitative estimate of drug-likeness (QED) is 0.337. The number of hydrogen-bond donors (Lipinski definition) is 0. The molecule has 0 saturated heterocycles. The van der Waals surface area contributed by atoms with Gasteiger partial charge in [0.05, 0.1) is 5.57 Å². The molecule has 2 heteroatoms. The maximum absolute atomic E-state index is 10.5. The third kappa shape index (κ3) is 1.55. The molecule has 1 aliphatic rings. The summed E-state index contributed by atoms with van der Waals surface area (Å²) in [5.41, 5.74) is 1.40. The minimum absolute atomic E-state index is 0.353. The smallest absolute Gasteiger partial charge is 0.160 e. The lowest BCUT2D eigenvalue weighted by molar-refractivity contribution is -0.104. The molecule has 0 unspecified atom stereocenters. The summed E-state index contributed by atoms with van der Waals surface area (Å²) < 4.78 is 0. The van der Waals surface area contributed by atoms with E-state index in [0.29, 0.717) is 23.7 Å². The van der Waals surface area contributed by atoms with Crippen LogP contribution >= 0.6 is 0 Å². The Morgan fingerprint density at radius 3 is 2.33 bits per heavy atom. The average molecular weight is 163 g/mol. The largest absolute Gasteiger partial charge is 0.297 e. The van der Waals surface area contributed by atoms with Crippen LogP contribution in [0.15, 0.2) is 11.1 Å². The lowest BCUT2D eigenvalue weighted by atomic mass is 10.0. The highest BCUT2D eigenvalue weighted by atomic mass is 16.1. The minimum atomic E-state index is 0.353. The van der Waals surface area contributed by atoms with Crippen molar-refractivity contribution in [1.82, 2.24) is 0 Å². The molecule has 1 rings (SSSR count). The summed E-state index contributed by atoms with van der Waals surface area (Å²) >= 11 is 0. The van der Waals surface area contributed by atoms with Gasteiger partial charge in [0.25, 0.3) is 0 Å². The average Bonchev–Trinajstić information content (AvgIpc) is 2.35. The molecule has 0 amide bonds. The molecule has 0 heterocycles. The van der Waals surface area contributed by atoms with Crippen LogP contribution in [0.4, 0.5) is 0 Å². The Morgan fingerprint density at radius 2 is 2.00 bits per heavy atom. The summed E-state index contributed by atoms with van der Waals surface area (Å²) in [5, 5.41) is 8.62. The highest BCUT2D eigenvalue weighted by Gasteiger charge is 2.25. The first-order valence-corrected chi connectivity index (χ1v) is 4.26. The summed E-state index contributed by atoms with van der Waals surface area (Å²) in [6.45, 7) is 4.33. The Labute approximate surface area is 72.9 Å². The van der Waals surface area contributed by atoms with Gasteiger partial charge < -0.3 is 0 Å². The molecule has 0 spiro atoms. The van der Waals surface area contributed by atoms with E-state index in [1.54, 1.807) is 0 Å². The first kappa shape index (κ1) is 8.99. The second-order valence-corrected chi connectivity index (χ2v) is 3.61. The SMILES string of the molecule is C[C@@H]1CC(=C(C#N)C=O)C[C@H]1C. The molecular formula is C10H13NO. The predicted molar refractivity (Wildman–Crippen MR) is 46.3 cm³/mol. The molecule has 2 nitrogen and oxygen atoms in total. The fraction of sp³-hybridized carbons (Fsp3) is 0.600. The van der Waals surface area contributed by atoms with Crippen molar-refractivity contribution < 1.29 is 4.79 Å². The maximum atomic E-state index is 10.5. The van der Waals surface area contributed by atoms with Crippen molar-refractivity contribution in [2.45, 2.75) is 26.7 Å². The Bertz CT molecular complexity index is 248. The molecule has 0 aliphatic heterocycles. The van der Waals surface area contributed by atoms with Crippen molar-refractivity contribution in [1.29, 1.82) is 5.26 Å². The zero-order valence-electron chi connectivity index (χ0n) is 7.50. The summed E-state index contributed by atoms with van der Waals surface area (Å²) in [5.74, 6) is 1.23. The molecule has 1 aliphatic carbocycles. The van der Waals surface area contributed by atoms with Crippen molar-refractivity contribution >= 4 is 6.29 Å². The first-order valence-electron chi connectivity index (χ1n) is 4.26. The molecule has 0 bridgehead atoms. The topological polar surface area (TPSA) is 40.9 Å². The van der Waals surface area contributed by atoms with Gasteiger partial charge >= 0.3 is 0 Å². The van der Waals surface area contributed by atoms with E-state index < -0.39 is 0 Å². The van der Waals surface area contributed by atoms with E-state index in [1.807, 2.05) is 6.07 Å². The number of aldehydes is 1. The van der Waals surface area contributed by atoms with Crippen LogP contribution in [0.2, 0.25) is 0 Å². The fourth-order valence-electron chi connectivity index (χ4n) is 1.67. The van der Waals surface area contributed by atoms with Crippen molar-refractivity contribution in [3.8, 4) is 6.07 Å². The van der Waals surface area contributed by atoms with Gasteiger partial charge in [-0.25, -0.2) is 0 Å². The van der Waals surface area contributed by atoms with Crippen LogP contribution in [0.1, 0.15) is 26.7 Å². The molecule has 0 aromatic carbocycles. The summed E-state index contributed by atoms with van der Waals surface area (Å²) in [4.78, 5) is 10.5. The summed E-state index contributed by atoms with van der Waals surface area (Å²) in [6.07, 6.45) is 2.52. The first-order chi connectivity index (χ1) is 5.69. The zero-order valence-corrected chi connectivity index (χ0v) is 7.50. The highest BCUT2D eigenvalue weighted by molar-refractivity contribution is 5.80. The van der Waals surface area contributed by atoms with Crippen LogP contribution in [0, 0.1) is 23.2 Å². The van der Waals surface area contributed by atoms with Crippen molar-refractivity contribution in [2.24, 2.45) is 11.8 Å². The molecule has 64 valence electrons. The number of nitrogens with zero attached hydrogens (tertiary/aromatic N) is 1. The van der Waals surface area contributed by atoms with Crippen LogP contribution in [-0.2, 0) is 4.79 Å². The van der Waals surface area contributed by atoms with Crippen LogP contribution in [-0.4, -0.2) is 6.29 Å². The monoisotopic (exact) mass is 163 g/mol. The van der Waals surface area contributed by atoms with Crippen molar-refractivity contribution in [3.63, 3.8) is 0 Å². The van der Waals surface area contributed by atoms with Gasteiger partial charge in [0.2, 0.25) is 0 Å². The maximum Gasteiger partial charge on any atom is 0.160 e. The molecule has 2 atom stereocenters. The third-order valence-electron chi connectivity index (χ3n) is 2.73. The van der Waals surface area contributed by atoms with Crippen LogP contribution < -0.4 is 0 Å².